The summed E-state index contributed by atoms with van der Waals surface area (Å²) in [6.07, 6.45) is 1.13. The van der Waals surface area contributed by atoms with Gasteiger partial charge in [0.25, 0.3) is 0 Å². The van der Waals surface area contributed by atoms with Gasteiger partial charge in [-0.25, -0.2) is 0 Å². The summed E-state index contributed by atoms with van der Waals surface area (Å²) in [7, 11) is 0. The Kier molecular flexibility index (Phi) is 4.33. The average Bonchev–Trinajstić information content (AvgIpc) is 2.24. The highest BCUT2D eigenvalue weighted by molar-refractivity contribution is 5.90. The Hall–Kier alpha value is -1.06. The molecule has 0 aromatic heterocycles. The Balaban J connectivity index is 2.83. The number of amides is 2. The Labute approximate surface area is 97.4 Å². The fraction of sp³-hybridized carbons (Fsp3) is 0.833. The summed E-state index contributed by atoms with van der Waals surface area (Å²) < 4.78 is 0. The van der Waals surface area contributed by atoms with Crippen LogP contribution in [0.15, 0.2) is 0 Å². The van der Waals surface area contributed by atoms with Crippen molar-refractivity contribution in [2.24, 2.45) is 5.92 Å². The van der Waals surface area contributed by atoms with Crippen LogP contribution in [0, 0.1) is 5.92 Å². The maximum atomic E-state index is 12.2. The summed E-state index contributed by atoms with van der Waals surface area (Å²) in [5.74, 6) is 0.457. The predicted molar refractivity (Wildman–Crippen MR) is 62.9 cm³/mol. The lowest BCUT2D eigenvalue weighted by Gasteiger charge is -2.27. The second-order valence-corrected chi connectivity index (χ2v) is 4.93. The molecule has 1 aliphatic heterocycles. The molecule has 2 amide bonds. The molecule has 4 heteroatoms. The lowest BCUT2D eigenvalue weighted by Crippen LogP contribution is -2.46. The summed E-state index contributed by atoms with van der Waals surface area (Å²) >= 11 is 0. The summed E-state index contributed by atoms with van der Waals surface area (Å²) in [6, 6.07) is -0.327. The zero-order valence-electron chi connectivity index (χ0n) is 10.6. The minimum atomic E-state index is -0.336. The molecule has 16 heavy (non-hydrogen) atoms. The van der Waals surface area contributed by atoms with Gasteiger partial charge in [0.1, 0.15) is 6.04 Å². The summed E-state index contributed by atoms with van der Waals surface area (Å²) in [4.78, 5) is 25.6. The third-order valence-electron chi connectivity index (χ3n) is 2.98. The lowest BCUT2D eigenvalue weighted by molar-refractivity contribution is -0.135. The van der Waals surface area contributed by atoms with Crippen molar-refractivity contribution in [1.29, 1.82) is 0 Å². The smallest absolute Gasteiger partial charge is 0.245 e. The van der Waals surface area contributed by atoms with Crippen molar-refractivity contribution in [1.82, 2.24) is 10.2 Å². The molecule has 0 radical (unpaired) electrons. The van der Waals surface area contributed by atoms with Gasteiger partial charge in [0.05, 0.1) is 0 Å². The monoisotopic (exact) mass is 226 g/mol. The lowest BCUT2D eigenvalue weighted by atomic mass is 10.0. The molecule has 0 aromatic rings. The molecule has 1 aliphatic rings. The molecule has 0 spiro atoms. The van der Waals surface area contributed by atoms with Gasteiger partial charge in [0, 0.05) is 19.0 Å². The molecular formula is C12H22N2O2. The largest absolute Gasteiger partial charge is 0.344 e. The number of carbonyl (C=O) groups is 2. The molecule has 0 aliphatic carbocycles. The number of hydrogen-bond donors (Lipinski definition) is 1. The Bertz CT molecular complexity index is 276. The van der Waals surface area contributed by atoms with Crippen LogP contribution in [0.3, 0.4) is 0 Å². The maximum Gasteiger partial charge on any atom is 0.245 e. The molecule has 1 N–H and O–H groups in total. The summed E-state index contributed by atoms with van der Waals surface area (Å²) in [5, 5.41) is 2.82. The van der Waals surface area contributed by atoms with Crippen LogP contribution >= 0.6 is 0 Å². The van der Waals surface area contributed by atoms with E-state index in [1.165, 1.54) is 0 Å². The molecule has 1 rings (SSSR count). The van der Waals surface area contributed by atoms with E-state index < -0.39 is 0 Å². The van der Waals surface area contributed by atoms with E-state index in [-0.39, 0.29) is 23.9 Å². The van der Waals surface area contributed by atoms with Crippen molar-refractivity contribution in [3.8, 4) is 0 Å². The first-order chi connectivity index (χ1) is 7.45. The molecule has 0 aromatic carbocycles. The van der Waals surface area contributed by atoms with E-state index >= 15 is 0 Å². The van der Waals surface area contributed by atoms with Crippen LogP contribution in [-0.2, 0) is 9.59 Å². The first-order valence-corrected chi connectivity index (χ1v) is 6.05. The van der Waals surface area contributed by atoms with Gasteiger partial charge in [-0.05, 0) is 26.2 Å². The topological polar surface area (TPSA) is 49.4 Å². The number of nitrogens with zero attached hydrogens (tertiary/aromatic N) is 1. The summed E-state index contributed by atoms with van der Waals surface area (Å²) in [6.45, 7) is 8.67. The van der Waals surface area contributed by atoms with E-state index in [4.69, 9.17) is 0 Å². The van der Waals surface area contributed by atoms with E-state index in [9.17, 15) is 9.59 Å². The third-order valence-corrected chi connectivity index (χ3v) is 2.98. The fourth-order valence-corrected chi connectivity index (χ4v) is 2.21. The first kappa shape index (κ1) is 13.0. The molecule has 2 unspecified atom stereocenters. The van der Waals surface area contributed by atoms with Gasteiger partial charge in [-0.2, -0.15) is 0 Å². The van der Waals surface area contributed by atoms with Crippen molar-refractivity contribution in [2.45, 2.75) is 52.6 Å². The Morgan fingerprint density at radius 3 is 2.56 bits per heavy atom. The minimum Gasteiger partial charge on any atom is -0.344 e. The fourth-order valence-electron chi connectivity index (χ4n) is 2.21. The maximum absolute atomic E-state index is 12.2. The van der Waals surface area contributed by atoms with Crippen LogP contribution in [0.25, 0.3) is 0 Å². The number of nitrogens with one attached hydrogen (secondary N) is 1. The number of hydrogen-bond acceptors (Lipinski definition) is 2. The molecule has 0 saturated carbocycles. The highest BCUT2D eigenvalue weighted by Gasteiger charge is 2.32. The second kappa shape index (κ2) is 5.32. The van der Waals surface area contributed by atoms with E-state index in [2.05, 4.69) is 19.2 Å². The standard InChI is InChI=1S/C12H22N2O2/c1-5-14-9(4)7-11(15)13-10(12(14)16)6-8(2)3/h8-10H,5-7H2,1-4H3,(H,13,15). The highest BCUT2D eigenvalue weighted by Crippen LogP contribution is 2.15. The Morgan fingerprint density at radius 1 is 1.44 bits per heavy atom. The van der Waals surface area contributed by atoms with Crippen LogP contribution in [0.1, 0.15) is 40.5 Å². The van der Waals surface area contributed by atoms with Crippen molar-refractivity contribution in [2.75, 3.05) is 6.54 Å². The van der Waals surface area contributed by atoms with Gasteiger partial charge in [-0.1, -0.05) is 13.8 Å². The zero-order valence-corrected chi connectivity index (χ0v) is 10.6. The van der Waals surface area contributed by atoms with E-state index in [0.29, 0.717) is 25.3 Å². The summed E-state index contributed by atoms with van der Waals surface area (Å²) in [5.41, 5.74) is 0. The van der Waals surface area contributed by atoms with Gasteiger partial charge in [0.2, 0.25) is 11.8 Å². The van der Waals surface area contributed by atoms with E-state index in [0.717, 1.165) is 0 Å². The van der Waals surface area contributed by atoms with Crippen LogP contribution in [0.2, 0.25) is 0 Å². The van der Waals surface area contributed by atoms with Gasteiger partial charge in [0.15, 0.2) is 0 Å². The Morgan fingerprint density at radius 2 is 2.06 bits per heavy atom. The minimum absolute atomic E-state index is 0.00895. The molecule has 1 heterocycles. The average molecular weight is 226 g/mol. The molecule has 4 nitrogen and oxygen atoms in total. The van der Waals surface area contributed by atoms with Gasteiger partial charge in [-0.15, -0.1) is 0 Å². The van der Waals surface area contributed by atoms with Crippen molar-refractivity contribution in [3.63, 3.8) is 0 Å². The van der Waals surface area contributed by atoms with Crippen molar-refractivity contribution < 1.29 is 9.59 Å². The molecule has 0 bridgehead atoms. The van der Waals surface area contributed by atoms with Crippen molar-refractivity contribution in [3.05, 3.63) is 0 Å². The SMILES string of the molecule is CCN1C(=O)C(CC(C)C)NC(=O)CC1C. The molecule has 92 valence electrons. The normalized spacial score (nSPS) is 26.9. The van der Waals surface area contributed by atoms with Gasteiger partial charge < -0.3 is 10.2 Å². The third kappa shape index (κ3) is 2.97. The highest BCUT2D eigenvalue weighted by atomic mass is 16.2. The quantitative estimate of drug-likeness (QED) is 0.785. The number of carbonyl (C=O) groups excluding carboxylic acids is 2. The molecule has 1 fully saturated rings. The van der Waals surface area contributed by atoms with Crippen LogP contribution in [-0.4, -0.2) is 35.3 Å². The molecular weight excluding hydrogens is 204 g/mol. The number of rotatable bonds is 3. The zero-order chi connectivity index (χ0) is 12.3. The van der Waals surface area contributed by atoms with Gasteiger partial charge in [-0.3, -0.25) is 9.59 Å². The molecule has 1 saturated heterocycles. The van der Waals surface area contributed by atoms with Crippen LogP contribution in [0.5, 0.6) is 0 Å². The van der Waals surface area contributed by atoms with Crippen LogP contribution in [0.4, 0.5) is 0 Å². The van der Waals surface area contributed by atoms with Crippen molar-refractivity contribution >= 4 is 11.8 Å². The van der Waals surface area contributed by atoms with Crippen LogP contribution < -0.4 is 5.32 Å². The number of likely N-dealkylation sites (N-methyl/N-ethyl adjacent to an activating group) is 1. The van der Waals surface area contributed by atoms with E-state index in [1.807, 2.05) is 13.8 Å². The van der Waals surface area contributed by atoms with E-state index in [1.54, 1.807) is 4.90 Å². The molecule has 2 atom stereocenters. The predicted octanol–water partition coefficient (Wildman–Crippen LogP) is 1.16. The first-order valence-electron chi connectivity index (χ1n) is 6.05. The van der Waals surface area contributed by atoms with Gasteiger partial charge >= 0.3 is 0 Å². The second-order valence-electron chi connectivity index (χ2n) is 4.93.